The molecule has 0 aliphatic rings. The first-order valence-electron chi connectivity index (χ1n) is 9.72. The van der Waals surface area contributed by atoms with Crippen LogP contribution in [0, 0.1) is 0 Å². The first-order valence-corrected chi connectivity index (χ1v) is 10.6. The summed E-state index contributed by atoms with van der Waals surface area (Å²) in [5, 5.41) is 5.02. The number of fused-ring (bicyclic) bond motifs is 1. The highest BCUT2D eigenvalue weighted by atomic mass is 32.2. The molecule has 0 saturated heterocycles. The van der Waals surface area contributed by atoms with Crippen molar-refractivity contribution in [2.24, 2.45) is 0 Å². The average molecular weight is 425 g/mol. The van der Waals surface area contributed by atoms with E-state index in [0.29, 0.717) is 22.6 Å². The maximum absolute atomic E-state index is 13.1. The summed E-state index contributed by atoms with van der Waals surface area (Å²) in [5.74, 6) is -0.447. The van der Waals surface area contributed by atoms with E-state index in [-0.39, 0.29) is 5.56 Å². The molecule has 0 aliphatic carbocycles. The molecule has 2 aromatic carbocycles. The van der Waals surface area contributed by atoms with Gasteiger partial charge in [-0.05, 0) is 37.5 Å². The van der Waals surface area contributed by atoms with E-state index >= 15 is 0 Å². The minimum absolute atomic E-state index is 0.130. The number of urea groups is 1. The fourth-order valence-electron chi connectivity index (χ4n) is 3.01. The third kappa shape index (κ3) is 5.27. The quantitative estimate of drug-likeness (QED) is 0.449. The normalized spacial score (nSPS) is 11.8. The van der Waals surface area contributed by atoms with E-state index < -0.39 is 17.2 Å². The van der Waals surface area contributed by atoms with Gasteiger partial charge in [-0.3, -0.25) is 19.5 Å². The number of carbonyl (C=O) groups is 2. The molecule has 1 aromatic heterocycles. The number of para-hydroxylation sites is 1. The van der Waals surface area contributed by atoms with E-state index in [1.807, 2.05) is 30.3 Å². The molecule has 0 aliphatic heterocycles. The second-order valence-electron chi connectivity index (χ2n) is 6.79. The Kier molecular flexibility index (Phi) is 7.24. The van der Waals surface area contributed by atoms with E-state index in [0.717, 1.165) is 12.8 Å². The van der Waals surface area contributed by atoms with Gasteiger partial charge in [0.2, 0.25) is 5.91 Å². The van der Waals surface area contributed by atoms with Crippen molar-refractivity contribution in [2.45, 2.75) is 36.7 Å². The lowest BCUT2D eigenvalue weighted by molar-refractivity contribution is -0.119. The van der Waals surface area contributed by atoms with Crippen LogP contribution in [0.25, 0.3) is 10.9 Å². The molecule has 0 spiro atoms. The van der Waals surface area contributed by atoms with Gasteiger partial charge in [0.05, 0.1) is 16.2 Å². The fraction of sp³-hybridized carbons (Fsp3) is 0.273. The predicted octanol–water partition coefficient (Wildman–Crippen LogP) is 2.97. The Labute approximate surface area is 178 Å². The molecular formula is C22H24N4O3S. The number of amides is 3. The van der Waals surface area contributed by atoms with Crippen LogP contribution < -0.4 is 16.2 Å². The molecule has 7 nitrogen and oxygen atoms in total. The zero-order valence-electron chi connectivity index (χ0n) is 16.9. The van der Waals surface area contributed by atoms with Gasteiger partial charge in [0.1, 0.15) is 0 Å². The molecule has 0 saturated carbocycles. The van der Waals surface area contributed by atoms with Crippen LogP contribution in [0.5, 0.6) is 0 Å². The third-order valence-electron chi connectivity index (χ3n) is 4.63. The summed E-state index contributed by atoms with van der Waals surface area (Å²) in [6.07, 6.45) is 1.59. The Balaban J connectivity index is 1.85. The maximum Gasteiger partial charge on any atom is 0.321 e. The van der Waals surface area contributed by atoms with Crippen molar-refractivity contribution in [3.05, 3.63) is 70.5 Å². The highest BCUT2D eigenvalue weighted by molar-refractivity contribution is 8.00. The van der Waals surface area contributed by atoms with Crippen molar-refractivity contribution in [1.82, 2.24) is 20.2 Å². The van der Waals surface area contributed by atoms with Crippen molar-refractivity contribution >= 4 is 34.6 Å². The van der Waals surface area contributed by atoms with Gasteiger partial charge >= 0.3 is 6.03 Å². The molecular weight excluding hydrogens is 400 g/mol. The number of aromatic nitrogens is 2. The Morgan fingerprint density at radius 2 is 1.80 bits per heavy atom. The molecule has 0 fully saturated rings. The number of hydrogen-bond acceptors (Lipinski definition) is 5. The van der Waals surface area contributed by atoms with Crippen LogP contribution in [0.1, 0.15) is 18.9 Å². The van der Waals surface area contributed by atoms with Crippen LogP contribution in [0.15, 0.2) is 64.5 Å². The van der Waals surface area contributed by atoms with Crippen LogP contribution in [-0.4, -0.2) is 33.8 Å². The smallest absolute Gasteiger partial charge is 0.321 e. The Morgan fingerprint density at radius 1 is 1.10 bits per heavy atom. The van der Waals surface area contributed by atoms with Crippen LogP contribution >= 0.6 is 11.8 Å². The number of carbonyl (C=O) groups excluding carboxylic acids is 2. The van der Waals surface area contributed by atoms with Crippen molar-refractivity contribution in [1.29, 1.82) is 0 Å². The van der Waals surface area contributed by atoms with Gasteiger partial charge < -0.3 is 5.32 Å². The van der Waals surface area contributed by atoms with Crippen LogP contribution in [0.4, 0.5) is 4.79 Å². The second-order valence-corrected chi connectivity index (χ2v) is 8.09. The first kappa shape index (κ1) is 21.6. The maximum atomic E-state index is 13.1. The standard InChI is InChI=1S/C22H24N4O3S/c1-15(19(27)25-21(29)23-2)30-22-24-18-13-7-6-12-17(18)20(28)26(22)14-8-11-16-9-4-3-5-10-16/h3-7,9-10,12-13,15H,8,11,14H2,1-2H3,(H2,23,25,27,29). The largest absolute Gasteiger partial charge is 0.341 e. The Hall–Kier alpha value is -3.13. The van der Waals surface area contributed by atoms with E-state index in [2.05, 4.69) is 27.8 Å². The zero-order valence-corrected chi connectivity index (χ0v) is 17.7. The monoisotopic (exact) mass is 424 g/mol. The molecule has 0 bridgehead atoms. The van der Waals surface area contributed by atoms with E-state index in [9.17, 15) is 14.4 Å². The van der Waals surface area contributed by atoms with Crippen LogP contribution in [0.3, 0.4) is 0 Å². The topological polar surface area (TPSA) is 93.1 Å². The fourth-order valence-corrected chi connectivity index (χ4v) is 3.94. The molecule has 3 aromatic rings. The van der Waals surface area contributed by atoms with Gasteiger partial charge in [-0.15, -0.1) is 0 Å². The van der Waals surface area contributed by atoms with E-state index in [1.54, 1.807) is 23.6 Å². The molecule has 2 N–H and O–H groups in total. The lowest BCUT2D eigenvalue weighted by Gasteiger charge is -2.16. The lowest BCUT2D eigenvalue weighted by Crippen LogP contribution is -2.41. The summed E-state index contributed by atoms with van der Waals surface area (Å²) in [6.45, 7) is 2.16. The number of nitrogens with zero attached hydrogens (tertiary/aromatic N) is 2. The van der Waals surface area contributed by atoms with Gasteiger partial charge in [-0.1, -0.05) is 54.2 Å². The SMILES string of the molecule is CNC(=O)NC(=O)C(C)Sc1nc2ccccc2c(=O)n1CCCc1ccccc1. The second kappa shape index (κ2) is 10.1. The number of aryl methyl sites for hydroxylation is 1. The number of nitrogens with one attached hydrogen (secondary N) is 2. The summed E-state index contributed by atoms with van der Waals surface area (Å²) in [6, 6.07) is 16.7. The number of rotatable bonds is 7. The van der Waals surface area contributed by atoms with Gasteiger partial charge in [-0.2, -0.15) is 0 Å². The van der Waals surface area contributed by atoms with Gasteiger partial charge in [0.15, 0.2) is 5.16 Å². The summed E-state index contributed by atoms with van der Waals surface area (Å²) in [5.41, 5.74) is 1.66. The highest BCUT2D eigenvalue weighted by Crippen LogP contribution is 2.23. The summed E-state index contributed by atoms with van der Waals surface area (Å²) >= 11 is 1.17. The van der Waals surface area contributed by atoms with Crippen LogP contribution in [0.2, 0.25) is 0 Å². The molecule has 8 heteroatoms. The minimum Gasteiger partial charge on any atom is -0.341 e. The highest BCUT2D eigenvalue weighted by Gasteiger charge is 2.20. The average Bonchev–Trinajstić information content (AvgIpc) is 2.76. The lowest BCUT2D eigenvalue weighted by atomic mass is 10.1. The van der Waals surface area contributed by atoms with E-state index in [4.69, 9.17) is 0 Å². The zero-order chi connectivity index (χ0) is 21.5. The Bertz CT molecular complexity index is 1100. The predicted molar refractivity (Wildman–Crippen MR) is 119 cm³/mol. The molecule has 156 valence electrons. The summed E-state index contributed by atoms with van der Waals surface area (Å²) in [4.78, 5) is 41.4. The van der Waals surface area contributed by atoms with Gasteiger partial charge in [-0.25, -0.2) is 9.78 Å². The van der Waals surface area contributed by atoms with Gasteiger partial charge in [0.25, 0.3) is 5.56 Å². The number of imide groups is 1. The minimum atomic E-state index is -0.601. The number of hydrogen-bond donors (Lipinski definition) is 2. The van der Waals surface area contributed by atoms with Crippen molar-refractivity contribution < 1.29 is 9.59 Å². The van der Waals surface area contributed by atoms with Crippen molar-refractivity contribution in [3.63, 3.8) is 0 Å². The van der Waals surface area contributed by atoms with Crippen molar-refractivity contribution in [2.75, 3.05) is 7.05 Å². The molecule has 1 atom stereocenters. The molecule has 1 unspecified atom stereocenters. The molecule has 1 heterocycles. The number of benzene rings is 2. The van der Waals surface area contributed by atoms with Crippen LogP contribution in [-0.2, 0) is 17.8 Å². The van der Waals surface area contributed by atoms with Crippen molar-refractivity contribution in [3.8, 4) is 0 Å². The first-order chi connectivity index (χ1) is 14.5. The van der Waals surface area contributed by atoms with E-state index in [1.165, 1.54) is 24.4 Å². The third-order valence-corrected chi connectivity index (χ3v) is 5.72. The van der Waals surface area contributed by atoms with Gasteiger partial charge in [0, 0.05) is 13.6 Å². The number of thioether (sulfide) groups is 1. The molecule has 30 heavy (non-hydrogen) atoms. The summed E-state index contributed by atoms with van der Waals surface area (Å²) in [7, 11) is 1.44. The Morgan fingerprint density at radius 3 is 2.53 bits per heavy atom. The molecule has 3 rings (SSSR count). The molecule has 3 amide bonds. The molecule has 0 radical (unpaired) electrons. The summed E-state index contributed by atoms with van der Waals surface area (Å²) < 4.78 is 1.62.